The summed E-state index contributed by atoms with van der Waals surface area (Å²) in [7, 11) is 0. The van der Waals surface area contributed by atoms with Crippen LogP contribution in [0.2, 0.25) is 0 Å². The van der Waals surface area contributed by atoms with Gasteiger partial charge in [-0.3, -0.25) is 4.79 Å². The van der Waals surface area contributed by atoms with Crippen molar-refractivity contribution >= 4 is 5.97 Å². The Hall–Kier alpha value is -0.610. The van der Waals surface area contributed by atoms with E-state index in [-0.39, 0.29) is 11.9 Å². The molecule has 18 heavy (non-hydrogen) atoms. The topological polar surface area (TPSA) is 55.6 Å². The summed E-state index contributed by atoms with van der Waals surface area (Å²) >= 11 is 0. The monoisotopic (exact) mass is 254 g/mol. The van der Waals surface area contributed by atoms with Crippen LogP contribution in [0.15, 0.2) is 0 Å². The number of ether oxygens (including phenoxy) is 1. The van der Waals surface area contributed by atoms with Gasteiger partial charge in [-0.05, 0) is 31.6 Å². The van der Waals surface area contributed by atoms with Crippen LogP contribution >= 0.6 is 0 Å². The number of hydrogen-bond acceptors (Lipinski definition) is 4. The van der Waals surface area contributed by atoms with Crippen molar-refractivity contribution in [2.45, 2.75) is 39.2 Å². The fourth-order valence-corrected chi connectivity index (χ4v) is 3.50. The Kier molecular flexibility index (Phi) is 4.62. The van der Waals surface area contributed by atoms with Gasteiger partial charge in [0.15, 0.2) is 0 Å². The average molecular weight is 254 g/mol. The largest absolute Gasteiger partial charge is 0.466 e. The van der Waals surface area contributed by atoms with Crippen LogP contribution < -0.4 is 5.73 Å². The second-order valence-corrected chi connectivity index (χ2v) is 5.89. The molecular weight excluding hydrogens is 228 g/mol. The van der Waals surface area contributed by atoms with Gasteiger partial charge in [0.1, 0.15) is 0 Å². The Labute approximate surface area is 110 Å². The molecule has 1 aliphatic carbocycles. The third-order valence-electron chi connectivity index (χ3n) is 4.45. The van der Waals surface area contributed by atoms with E-state index in [1.54, 1.807) is 0 Å². The molecule has 1 saturated carbocycles. The van der Waals surface area contributed by atoms with Crippen LogP contribution in [0.4, 0.5) is 0 Å². The van der Waals surface area contributed by atoms with Gasteiger partial charge >= 0.3 is 5.97 Å². The maximum atomic E-state index is 11.6. The van der Waals surface area contributed by atoms with Crippen LogP contribution in [-0.2, 0) is 9.53 Å². The SMILES string of the molecule is CCOC(=O)C(C)CN1CC2CCCC(N)C2C1. The van der Waals surface area contributed by atoms with Gasteiger partial charge in [0.05, 0.1) is 12.5 Å². The van der Waals surface area contributed by atoms with Crippen molar-refractivity contribution in [1.82, 2.24) is 4.90 Å². The van der Waals surface area contributed by atoms with Crippen LogP contribution in [0, 0.1) is 17.8 Å². The molecule has 0 aromatic heterocycles. The number of rotatable bonds is 4. The minimum Gasteiger partial charge on any atom is -0.466 e. The molecule has 4 unspecified atom stereocenters. The van der Waals surface area contributed by atoms with Crippen molar-refractivity contribution in [1.29, 1.82) is 0 Å². The zero-order chi connectivity index (χ0) is 13.1. The number of esters is 1. The van der Waals surface area contributed by atoms with E-state index in [1.165, 1.54) is 19.3 Å². The quantitative estimate of drug-likeness (QED) is 0.767. The van der Waals surface area contributed by atoms with Gasteiger partial charge < -0.3 is 15.4 Å². The lowest BCUT2D eigenvalue weighted by atomic mass is 9.78. The molecule has 0 aromatic carbocycles. The predicted molar refractivity (Wildman–Crippen MR) is 71.0 cm³/mol. The molecule has 2 fully saturated rings. The second kappa shape index (κ2) is 6.02. The number of carbonyl (C=O) groups is 1. The number of nitrogens with two attached hydrogens (primary N) is 1. The molecule has 2 rings (SSSR count). The first kappa shape index (κ1) is 13.8. The van der Waals surface area contributed by atoms with Gasteiger partial charge in [-0.25, -0.2) is 0 Å². The summed E-state index contributed by atoms with van der Waals surface area (Å²) in [5.41, 5.74) is 6.20. The molecule has 0 bridgehead atoms. The van der Waals surface area contributed by atoms with Crippen molar-refractivity contribution in [3.63, 3.8) is 0 Å². The van der Waals surface area contributed by atoms with Crippen LogP contribution in [0.1, 0.15) is 33.1 Å². The summed E-state index contributed by atoms with van der Waals surface area (Å²) in [4.78, 5) is 14.0. The molecule has 0 aromatic rings. The van der Waals surface area contributed by atoms with E-state index in [0.29, 0.717) is 18.6 Å². The minimum absolute atomic E-state index is 0.0265. The normalized spacial score (nSPS) is 34.1. The standard InChI is InChI=1S/C14H26N2O2/c1-3-18-14(17)10(2)7-16-8-11-5-4-6-13(15)12(11)9-16/h10-13H,3-9,15H2,1-2H3. The first-order valence-electron chi connectivity index (χ1n) is 7.26. The molecule has 104 valence electrons. The van der Waals surface area contributed by atoms with Crippen molar-refractivity contribution in [3.05, 3.63) is 0 Å². The van der Waals surface area contributed by atoms with Gasteiger partial charge in [-0.15, -0.1) is 0 Å². The van der Waals surface area contributed by atoms with E-state index >= 15 is 0 Å². The van der Waals surface area contributed by atoms with Gasteiger partial charge in [-0.1, -0.05) is 13.3 Å². The van der Waals surface area contributed by atoms with E-state index in [4.69, 9.17) is 10.5 Å². The lowest BCUT2D eigenvalue weighted by Crippen LogP contribution is -2.38. The third kappa shape index (κ3) is 3.04. The van der Waals surface area contributed by atoms with Gasteiger partial charge in [0.25, 0.3) is 0 Å². The summed E-state index contributed by atoms with van der Waals surface area (Å²) in [6, 6.07) is 0.367. The van der Waals surface area contributed by atoms with Gasteiger partial charge in [0.2, 0.25) is 0 Å². The maximum Gasteiger partial charge on any atom is 0.309 e. The highest BCUT2D eigenvalue weighted by atomic mass is 16.5. The number of fused-ring (bicyclic) bond motifs is 1. The molecule has 4 heteroatoms. The lowest BCUT2D eigenvalue weighted by Gasteiger charge is -2.29. The number of nitrogens with zero attached hydrogens (tertiary/aromatic N) is 1. The molecule has 2 aliphatic rings. The molecule has 1 heterocycles. The fraction of sp³-hybridized carbons (Fsp3) is 0.929. The molecule has 2 N–H and O–H groups in total. The first-order chi connectivity index (χ1) is 8.61. The molecule has 1 aliphatic heterocycles. The smallest absolute Gasteiger partial charge is 0.309 e. The van der Waals surface area contributed by atoms with Crippen LogP contribution in [-0.4, -0.2) is 43.2 Å². The van der Waals surface area contributed by atoms with Gasteiger partial charge in [-0.2, -0.15) is 0 Å². The highest BCUT2D eigenvalue weighted by molar-refractivity contribution is 5.72. The van der Waals surface area contributed by atoms with Crippen LogP contribution in [0.25, 0.3) is 0 Å². The van der Waals surface area contributed by atoms with E-state index in [2.05, 4.69) is 4.90 Å². The lowest BCUT2D eigenvalue weighted by molar-refractivity contribution is -0.147. The number of likely N-dealkylation sites (tertiary alicyclic amines) is 1. The first-order valence-corrected chi connectivity index (χ1v) is 7.26. The minimum atomic E-state index is -0.0725. The summed E-state index contributed by atoms with van der Waals surface area (Å²) < 4.78 is 5.06. The number of carbonyl (C=O) groups excluding carboxylic acids is 1. The van der Waals surface area contributed by atoms with E-state index in [0.717, 1.165) is 25.6 Å². The van der Waals surface area contributed by atoms with Gasteiger partial charge in [0, 0.05) is 25.7 Å². The molecule has 1 saturated heterocycles. The average Bonchev–Trinajstić information content (AvgIpc) is 2.73. The van der Waals surface area contributed by atoms with Crippen molar-refractivity contribution in [3.8, 4) is 0 Å². The van der Waals surface area contributed by atoms with Crippen LogP contribution in [0.5, 0.6) is 0 Å². The van der Waals surface area contributed by atoms with Crippen molar-refractivity contribution in [2.24, 2.45) is 23.5 Å². The molecule has 0 amide bonds. The Morgan fingerprint density at radius 2 is 2.22 bits per heavy atom. The summed E-state index contributed by atoms with van der Waals surface area (Å²) in [6.07, 6.45) is 3.74. The molecule has 4 nitrogen and oxygen atoms in total. The Bertz CT molecular complexity index is 296. The van der Waals surface area contributed by atoms with Crippen molar-refractivity contribution < 1.29 is 9.53 Å². The van der Waals surface area contributed by atoms with E-state index < -0.39 is 0 Å². The highest BCUT2D eigenvalue weighted by Crippen LogP contribution is 2.35. The van der Waals surface area contributed by atoms with Crippen molar-refractivity contribution in [2.75, 3.05) is 26.2 Å². The summed E-state index contributed by atoms with van der Waals surface area (Å²) in [6.45, 7) is 7.28. The zero-order valence-electron chi connectivity index (χ0n) is 11.6. The van der Waals surface area contributed by atoms with E-state index in [1.807, 2.05) is 13.8 Å². The Morgan fingerprint density at radius 3 is 2.89 bits per heavy atom. The van der Waals surface area contributed by atoms with Crippen LogP contribution in [0.3, 0.4) is 0 Å². The third-order valence-corrected chi connectivity index (χ3v) is 4.45. The second-order valence-electron chi connectivity index (χ2n) is 5.89. The number of hydrogen-bond donors (Lipinski definition) is 1. The molecule has 0 radical (unpaired) electrons. The Morgan fingerprint density at radius 1 is 1.44 bits per heavy atom. The maximum absolute atomic E-state index is 11.6. The highest BCUT2D eigenvalue weighted by Gasteiger charge is 2.39. The molecular formula is C14H26N2O2. The summed E-state index contributed by atoms with van der Waals surface area (Å²) in [5, 5.41) is 0. The summed E-state index contributed by atoms with van der Waals surface area (Å²) in [5.74, 6) is 1.30. The Balaban J connectivity index is 1.83. The fourth-order valence-electron chi connectivity index (χ4n) is 3.50. The predicted octanol–water partition coefficient (Wildman–Crippen LogP) is 1.24. The molecule has 4 atom stereocenters. The molecule has 0 spiro atoms. The zero-order valence-corrected chi connectivity index (χ0v) is 11.6. The van der Waals surface area contributed by atoms with E-state index in [9.17, 15) is 4.79 Å².